The van der Waals surface area contributed by atoms with Crippen molar-refractivity contribution in [3.8, 4) is 11.5 Å². The first-order chi connectivity index (χ1) is 32.9. The summed E-state index contributed by atoms with van der Waals surface area (Å²) in [5.41, 5.74) is 12.5. The van der Waals surface area contributed by atoms with Crippen molar-refractivity contribution in [2.75, 3.05) is 40.4 Å². The number of halogens is 5. The maximum absolute atomic E-state index is 15.2. The summed E-state index contributed by atoms with van der Waals surface area (Å²) >= 11 is 25.0. The van der Waals surface area contributed by atoms with Gasteiger partial charge in [0.1, 0.15) is 11.5 Å². The second-order valence-corrected chi connectivity index (χ2v) is 17.4. The number of urea groups is 2. The number of carbonyl (C=O) groups is 2. The molecular formula is C52H59Cl4FN6O6S2. The molecule has 2 atom stereocenters. The molecule has 0 saturated carbocycles. The van der Waals surface area contributed by atoms with E-state index in [-0.39, 0.29) is 49.4 Å². The maximum Gasteiger partial charge on any atom is 0.327 e. The molecule has 0 aliphatic heterocycles. The first-order valence-electron chi connectivity index (χ1n) is 22.2. The second kappa shape index (κ2) is 27.3. The predicted molar refractivity (Wildman–Crippen MR) is 301 cm³/mol. The standard InChI is InChI=1S/C26H28Cl2FN3O2.C26H27Cl2N3O4.2H2S/c1-5-19-21(28)14-23(30)20(6-2)25(19)31-26(33)32(15(3)16-7-9-17(27)10-8-16)24-12-11-18(34-4)13-22(24)29;1-5-21-23(28)15-24(31(33)34)22(6-2)25(21)29-26(32)30(19-11-13-20(35-4)14-12-19)16(3)17-7-9-18(27)10-8-17;;/h7-15H,5-6,30H2,1-4H3,(H,31,33);7-16H,5-6H2,1-4H3,(H,29,32);2*1H2/t15-;16-;;/m00../s1. The Morgan fingerprint density at radius 2 is 1.06 bits per heavy atom. The van der Waals surface area contributed by atoms with Gasteiger partial charge in [0.15, 0.2) is 5.82 Å². The highest BCUT2D eigenvalue weighted by atomic mass is 35.5. The summed E-state index contributed by atoms with van der Waals surface area (Å²) in [4.78, 5) is 41.8. The molecule has 6 aromatic rings. The summed E-state index contributed by atoms with van der Waals surface area (Å²) in [6.45, 7) is 11.3. The van der Waals surface area contributed by atoms with Gasteiger partial charge in [-0.05, 0) is 134 Å². The molecule has 0 aliphatic carbocycles. The topological polar surface area (TPSA) is 152 Å². The Kier molecular flexibility index (Phi) is 23.0. The van der Waals surface area contributed by atoms with Crippen LogP contribution in [0.3, 0.4) is 0 Å². The molecule has 12 nitrogen and oxygen atoms in total. The number of carbonyl (C=O) groups excluding carboxylic acids is 2. The van der Waals surface area contributed by atoms with Crippen molar-refractivity contribution in [2.45, 2.75) is 79.3 Å². The Labute approximate surface area is 448 Å². The van der Waals surface area contributed by atoms with Gasteiger partial charge in [0.2, 0.25) is 0 Å². The number of nitro groups is 1. The van der Waals surface area contributed by atoms with Crippen molar-refractivity contribution in [1.29, 1.82) is 0 Å². The minimum atomic E-state index is -0.590. The third-order valence-corrected chi connectivity index (χ3v) is 12.9. The summed E-state index contributed by atoms with van der Waals surface area (Å²) in [5.74, 6) is 0.414. The van der Waals surface area contributed by atoms with Crippen molar-refractivity contribution in [1.82, 2.24) is 0 Å². The average molecular weight is 1090 g/mol. The number of hydrogen-bond donors (Lipinski definition) is 3. The molecule has 71 heavy (non-hydrogen) atoms. The molecule has 0 aromatic heterocycles. The summed E-state index contributed by atoms with van der Waals surface area (Å²) in [6.07, 6.45) is 2.03. The third-order valence-electron chi connectivity index (χ3n) is 11.7. The lowest BCUT2D eigenvalue weighted by Crippen LogP contribution is -2.38. The van der Waals surface area contributed by atoms with Gasteiger partial charge in [0.25, 0.3) is 5.69 Å². The van der Waals surface area contributed by atoms with Gasteiger partial charge in [-0.25, -0.2) is 14.0 Å². The molecule has 0 fully saturated rings. The fraction of sp³-hybridized carbons (Fsp3) is 0.269. The van der Waals surface area contributed by atoms with E-state index in [1.54, 1.807) is 84.8 Å². The number of benzene rings is 6. The Balaban J connectivity index is 0.000000365. The summed E-state index contributed by atoms with van der Waals surface area (Å²) in [5, 5.41) is 19.5. The van der Waals surface area contributed by atoms with E-state index >= 15 is 4.39 Å². The van der Waals surface area contributed by atoms with Crippen LogP contribution in [-0.4, -0.2) is 31.2 Å². The first-order valence-corrected chi connectivity index (χ1v) is 23.7. The van der Waals surface area contributed by atoms with Gasteiger partial charge in [-0.3, -0.25) is 19.9 Å². The van der Waals surface area contributed by atoms with Gasteiger partial charge in [0, 0.05) is 38.6 Å². The summed E-state index contributed by atoms with van der Waals surface area (Å²) < 4.78 is 25.6. The van der Waals surface area contributed by atoms with E-state index < -0.39 is 28.8 Å². The Morgan fingerprint density at radius 1 is 0.634 bits per heavy atom. The normalized spacial score (nSPS) is 11.3. The quantitative estimate of drug-likeness (QED) is 0.0526. The number of methoxy groups -OCH3 is 2. The lowest BCUT2D eigenvalue weighted by Gasteiger charge is -2.31. The van der Waals surface area contributed by atoms with Crippen LogP contribution in [-0.2, 0) is 25.7 Å². The first kappa shape index (κ1) is 59.8. The van der Waals surface area contributed by atoms with Crippen molar-refractivity contribution >= 4 is 120 Å². The molecule has 0 heterocycles. The Hall–Kier alpha value is -5.55. The van der Waals surface area contributed by atoms with E-state index in [4.69, 9.17) is 61.6 Å². The molecule has 4 amide bonds. The summed E-state index contributed by atoms with van der Waals surface area (Å²) in [7, 11) is 3.03. The molecule has 0 unspecified atom stereocenters. The number of nitrogens with two attached hydrogens (primary N) is 1. The number of ether oxygens (including phenoxy) is 2. The number of anilines is 5. The third kappa shape index (κ3) is 14.1. The van der Waals surface area contributed by atoms with Crippen LogP contribution in [0.2, 0.25) is 20.1 Å². The molecule has 0 bridgehead atoms. The molecule has 4 N–H and O–H groups in total. The maximum atomic E-state index is 15.2. The Bertz CT molecular complexity index is 2770. The van der Waals surface area contributed by atoms with Crippen molar-refractivity contribution in [3.63, 3.8) is 0 Å². The van der Waals surface area contributed by atoms with Gasteiger partial charge < -0.3 is 25.8 Å². The molecule has 0 radical (unpaired) electrons. The van der Waals surface area contributed by atoms with Crippen LogP contribution in [0.1, 0.15) is 87.0 Å². The van der Waals surface area contributed by atoms with Gasteiger partial charge in [-0.2, -0.15) is 27.0 Å². The zero-order valence-corrected chi connectivity index (χ0v) is 45.6. The van der Waals surface area contributed by atoms with Crippen LogP contribution in [0.4, 0.5) is 48.1 Å². The highest BCUT2D eigenvalue weighted by Gasteiger charge is 2.30. The van der Waals surface area contributed by atoms with E-state index in [0.29, 0.717) is 86.1 Å². The molecule has 19 heteroatoms. The molecule has 6 rings (SSSR count). The smallest absolute Gasteiger partial charge is 0.327 e. The number of rotatable bonds is 15. The highest BCUT2D eigenvalue weighted by Crippen LogP contribution is 2.40. The van der Waals surface area contributed by atoms with Gasteiger partial charge >= 0.3 is 12.1 Å². The van der Waals surface area contributed by atoms with E-state index in [0.717, 1.165) is 22.3 Å². The average Bonchev–Trinajstić information content (AvgIpc) is 3.33. The minimum absolute atomic E-state index is 0. The number of nitrogens with one attached hydrogen (secondary N) is 2. The van der Waals surface area contributed by atoms with Crippen molar-refractivity contribution in [2.24, 2.45) is 0 Å². The minimum Gasteiger partial charge on any atom is -0.497 e. The van der Waals surface area contributed by atoms with Gasteiger partial charge in [0.05, 0.1) is 58.9 Å². The van der Waals surface area contributed by atoms with E-state index in [1.807, 2.05) is 53.7 Å². The number of nitro benzene ring substituents is 1. The molecule has 0 saturated heterocycles. The van der Waals surface area contributed by atoms with Crippen LogP contribution >= 0.6 is 73.4 Å². The van der Waals surface area contributed by atoms with E-state index in [1.165, 1.54) is 30.2 Å². The zero-order chi connectivity index (χ0) is 50.7. The lowest BCUT2D eigenvalue weighted by molar-refractivity contribution is -0.385. The van der Waals surface area contributed by atoms with Crippen molar-refractivity contribution in [3.05, 3.63) is 173 Å². The predicted octanol–water partition coefficient (Wildman–Crippen LogP) is 15.7. The van der Waals surface area contributed by atoms with Gasteiger partial charge in [-0.15, -0.1) is 0 Å². The molecule has 0 spiro atoms. The molecule has 6 aromatic carbocycles. The number of nitrogens with zero attached hydrogens (tertiary/aromatic N) is 3. The fourth-order valence-corrected chi connectivity index (χ4v) is 8.98. The molecule has 0 aliphatic rings. The Morgan fingerprint density at radius 3 is 1.49 bits per heavy atom. The van der Waals surface area contributed by atoms with Crippen molar-refractivity contribution < 1.29 is 28.4 Å². The molecule has 380 valence electrons. The van der Waals surface area contributed by atoms with Gasteiger partial charge in [-0.1, -0.05) is 98.4 Å². The summed E-state index contributed by atoms with van der Waals surface area (Å²) in [6, 6.07) is 27.0. The molecular weight excluding hydrogens is 1030 g/mol. The number of amides is 4. The van der Waals surface area contributed by atoms with E-state index in [2.05, 4.69) is 10.6 Å². The highest BCUT2D eigenvalue weighted by molar-refractivity contribution is 7.59. The number of nitrogen functional groups attached to an aromatic ring is 1. The van der Waals surface area contributed by atoms with Crippen LogP contribution in [0.5, 0.6) is 11.5 Å². The number of hydrogen-bond acceptors (Lipinski definition) is 7. The fourth-order valence-electron chi connectivity index (χ4n) is 8.05. The zero-order valence-electron chi connectivity index (χ0n) is 40.6. The largest absolute Gasteiger partial charge is 0.497 e. The lowest BCUT2D eigenvalue weighted by atomic mass is 10.0. The van der Waals surface area contributed by atoms with Crippen LogP contribution in [0, 0.1) is 15.9 Å². The SMILES string of the molecule is CCc1c(Cl)cc([N+](=O)[O-])c(CC)c1NC(=O)N(c1ccc(OC)cc1)[C@@H](C)c1ccc(Cl)cc1.CCc1c(N)cc(Cl)c(CC)c1NC(=O)N(c1ccc(OC)cc1F)[C@@H](C)c1ccc(Cl)cc1.S.S. The monoisotopic (exact) mass is 1090 g/mol. The van der Waals surface area contributed by atoms with Crippen LogP contribution in [0.15, 0.2) is 103 Å². The second-order valence-electron chi connectivity index (χ2n) is 15.7. The van der Waals surface area contributed by atoms with E-state index in [9.17, 15) is 19.7 Å². The van der Waals surface area contributed by atoms with Crippen LogP contribution in [0.25, 0.3) is 0 Å². The van der Waals surface area contributed by atoms with Crippen LogP contribution < -0.4 is 35.6 Å².